The Labute approximate surface area is 121 Å². The fourth-order valence-electron chi connectivity index (χ4n) is 2.40. The number of nitrogens with one attached hydrogen (secondary N) is 1. The number of aromatic nitrogens is 3. The van der Waals surface area contributed by atoms with E-state index in [1.54, 1.807) is 0 Å². The summed E-state index contributed by atoms with van der Waals surface area (Å²) in [7, 11) is 0. The topological polar surface area (TPSA) is 42.7 Å². The van der Waals surface area contributed by atoms with Gasteiger partial charge < -0.3 is 5.32 Å². The van der Waals surface area contributed by atoms with Crippen molar-refractivity contribution in [2.24, 2.45) is 0 Å². The van der Waals surface area contributed by atoms with Gasteiger partial charge >= 0.3 is 0 Å². The van der Waals surface area contributed by atoms with Gasteiger partial charge in [0.1, 0.15) is 5.82 Å². The highest BCUT2D eigenvalue weighted by atomic mass is 15.3. The molecule has 2 heterocycles. The second kappa shape index (κ2) is 5.27. The summed E-state index contributed by atoms with van der Waals surface area (Å²) < 4.78 is 1.93. The minimum atomic E-state index is -0.00468. The third kappa shape index (κ3) is 3.00. The van der Waals surface area contributed by atoms with Gasteiger partial charge in [0, 0.05) is 11.2 Å². The lowest BCUT2D eigenvalue weighted by Crippen LogP contribution is -2.26. The molecule has 0 aliphatic heterocycles. The van der Waals surface area contributed by atoms with Crippen LogP contribution in [-0.4, -0.2) is 20.3 Å². The molecule has 1 N–H and O–H groups in total. The Morgan fingerprint density at radius 1 is 1.20 bits per heavy atom. The van der Waals surface area contributed by atoms with E-state index >= 15 is 0 Å². The Morgan fingerprint density at radius 2 is 1.90 bits per heavy atom. The van der Waals surface area contributed by atoms with Crippen molar-refractivity contribution in [1.82, 2.24) is 14.8 Å². The van der Waals surface area contributed by atoms with Crippen LogP contribution in [-0.2, 0) is 6.42 Å². The van der Waals surface area contributed by atoms with Gasteiger partial charge in [-0.3, -0.25) is 0 Å². The van der Waals surface area contributed by atoms with Crippen LogP contribution < -0.4 is 5.32 Å². The number of hydrogen-bond acceptors (Lipinski definition) is 3. The number of aryl methyl sites for hydroxylation is 1. The summed E-state index contributed by atoms with van der Waals surface area (Å²) in [6.07, 6.45) is 0.998. The lowest BCUT2D eigenvalue weighted by Gasteiger charge is -2.21. The third-order valence-corrected chi connectivity index (χ3v) is 3.25. The van der Waals surface area contributed by atoms with Crippen LogP contribution in [0.2, 0.25) is 0 Å². The number of nitrogens with zero attached hydrogens (tertiary/aromatic N) is 3. The molecule has 0 fully saturated rings. The van der Waals surface area contributed by atoms with Gasteiger partial charge in [0.05, 0.1) is 5.69 Å². The molecule has 0 aliphatic rings. The van der Waals surface area contributed by atoms with Gasteiger partial charge in [0.2, 0.25) is 0 Å². The van der Waals surface area contributed by atoms with E-state index in [0.717, 1.165) is 23.8 Å². The zero-order valence-corrected chi connectivity index (χ0v) is 13.3. The van der Waals surface area contributed by atoms with Crippen molar-refractivity contribution in [1.29, 1.82) is 0 Å². The van der Waals surface area contributed by atoms with Crippen molar-refractivity contribution in [3.8, 4) is 5.82 Å². The van der Waals surface area contributed by atoms with E-state index < -0.39 is 0 Å². The average molecular weight is 272 g/mol. The number of hydrogen-bond donors (Lipinski definition) is 1. The Bertz CT molecular complexity index is 605. The van der Waals surface area contributed by atoms with Gasteiger partial charge in [-0.15, -0.1) is 0 Å². The van der Waals surface area contributed by atoms with Gasteiger partial charge in [0.15, 0.2) is 5.82 Å². The van der Waals surface area contributed by atoms with Crippen molar-refractivity contribution < 1.29 is 0 Å². The van der Waals surface area contributed by atoms with Crippen molar-refractivity contribution in [3.05, 3.63) is 35.2 Å². The molecule has 2 aromatic heterocycles. The van der Waals surface area contributed by atoms with Crippen molar-refractivity contribution >= 4 is 5.82 Å². The highest BCUT2D eigenvalue weighted by Gasteiger charge is 2.14. The first-order valence-electron chi connectivity index (χ1n) is 7.12. The van der Waals surface area contributed by atoms with Crippen LogP contribution in [0.3, 0.4) is 0 Å². The molecule has 0 unspecified atom stereocenters. The summed E-state index contributed by atoms with van der Waals surface area (Å²) in [4.78, 5) is 4.67. The van der Waals surface area contributed by atoms with Gasteiger partial charge in [0.25, 0.3) is 0 Å². The van der Waals surface area contributed by atoms with Crippen LogP contribution in [0.15, 0.2) is 18.2 Å². The summed E-state index contributed by atoms with van der Waals surface area (Å²) in [6.45, 7) is 12.7. The molecule has 0 spiro atoms. The highest BCUT2D eigenvalue weighted by molar-refractivity contribution is 5.42. The maximum absolute atomic E-state index is 4.67. The maximum Gasteiger partial charge on any atom is 0.156 e. The number of rotatable bonds is 3. The smallest absolute Gasteiger partial charge is 0.156 e. The Kier molecular flexibility index (Phi) is 3.84. The Balaban J connectivity index is 2.41. The third-order valence-electron chi connectivity index (χ3n) is 3.25. The minimum absolute atomic E-state index is 0.00468. The fourth-order valence-corrected chi connectivity index (χ4v) is 2.40. The van der Waals surface area contributed by atoms with Crippen molar-refractivity contribution in [3.63, 3.8) is 0 Å². The van der Waals surface area contributed by atoms with E-state index in [4.69, 9.17) is 0 Å². The van der Waals surface area contributed by atoms with Crippen LogP contribution in [0.25, 0.3) is 5.82 Å². The SMILES string of the molecule is CCc1c(C)nn(-c2cccc(NC(C)(C)C)n2)c1C. The molecule has 0 bridgehead atoms. The molecule has 108 valence electrons. The first-order chi connectivity index (χ1) is 9.31. The summed E-state index contributed by atoms with van der Waals surface area (Å²) in [6, 6.07) is 5.99. The van der Waals surface area contributed by atoms with E-state index in [-0.39, 0.29) is 5.54 Å². The van der Waals surface area contributed by atoms with Crippen molar-refractivity contribution in [2.75, 3.05) is 5.32 Å². The zero-order valence-electron chi connectivity index (χ0n) is 13.3. The van der Waals surface area contributed by atoms with Gasteiger partial charge in [-0.2, -0.15) is 5.10 Å². The van der Waals surface area contributed by atoms with Crippen LogP contribution in [0.1, 0.15) is 44.6 Å². The quantitative estimate of drug-likeness (QED) is 0.927. The fraction of sp³-hybridized carbons (Fsp3) is 0.500. The minimum Gasteiger partial charge on any atom is -0.365 e. The molecule has 0 radical (unpaired) electrons. The molecule has 2 rings (SSSR count). The summed E-state index contributed by atoms with van der Waals surface area (Å²) in [5.41, 5.74) is 3.56. The molecule has 0 atom stereocenters. The average Bonchev–Trinajstić information content (AvgIpc) is 2.62. The van der Waals surface area contributed by atoms with Crippen LogP contribution >= 0.6 is 0 Å². The maximum atomic E-state index is 4.67. The summed E-state index contributed by atoms with van der Waals surface area (Å²) in [5.74, 6) is 1.74. The lowest BCUT2D eigenvalue weighted by molar-refractivity contribution is 0.629. The molecule has 0 aromatic carbocycles. The predicted octanol–water partition coefficient (Wildman–Crippen LogP) is 3.66. The monoisotopic (exact) mass is 272 g/mol. The summed E-state index contributed by atoms with van der Waals surface area (Å²) in [5, 5.41) is 8.01. The first kappa shape index (κ1) is 14.6. The molecule has 0 amide bonds. The molecular formula is C16H24N4. The molecule has 2 aromatic rings. The highest BCUT2D eigenvalue weighted by Crippen LogP contribution is 2.19. The second-order valence-electron chi connectivity index (χ2n) is 6.17. The van der Waals surface area contributed by atoms with E-state index in [2.05, 4.69) is 56.9 Å². The second-order valence-corrected chi connectivity index (χ2v) is 6.17. The van der Waals surface area contributed by atoms with E-state index in [9.17, 15) is 0 Å². The molecule has 20 heavy (non-hydrogen) atoms. The van der Waals surface area contributed by atoms with Gasteiger partial charge in [-0.25, -0.2) is 9.67 Å². The van der Waals surface area contributed by atoms with E-state index in [0.29, 0.717) is 0 Å². The zero-order chi connectivity index (χ0) is 14.9. The van der Waals surface area contributed by atoms with Crippen LogP contribution in [0, 0.1) is 13.8 Å². The van der Waals surface area contributed by atoms with Gasteiger partial charge in [-0.05, 0) is 58.7 Å². The lowest BCUT2D eigenvalue weighted by atomic mass is 10.1. The van der Waals surface area contributed by atoms with Crippen molar-refractivity contribution in [2.45, 2.75) is 53.5 Å². The largest absolute Gasteiger partial charge is 0.365 e. The normalized spacial score (nSPS) is 11.7. The molecular weight excluding hydrogens is 248 g/mol. The molecule has 0 saturated carbocycles. The van der Waals surface area contributed by atoms with Crippen LogP contribution in [0.4, 0.5) is 5.82 Å². The summed E-state index contributed by atoms with van der Waals surface area (Å²) >= 11 is 0. The van der Waals surface area contributed by atoms with E-state index in [1.807, 2.05) is 22.9 Å². The predicted molar refractivity (Wildman–Crippen MR) is 83.6 cm³/mol. The molecule has 4 heteroatoms. The Hall–Kier alpha value is -1.84. The first-order valence-corrected chi connectivity index (χ1v) is 7.12. The van der Waals surface area contributed by atoms with Crippen LogP contribution in [0.5, 0.6) is 0 Å². The standard InChI is InChI=1S/C16H24N4/c1-7-13-11(2)19-20(12(13)3)15-10-8-9-14(17-15)18-16(4,5)6/h8-10H,7H2,1-6H3,(H,17,18). The van der Waals surface area contributed by atoms with E-state index in [1.165, 1.54) is 11.3 Å². The molecule has 0 saturated heterocycles. The molecule has 4 nitrogen and oxygen atoms in total. The molecule has 0 aliphatic carbocycles. The number of pyridine rings is 1. The number of anilines is 1. The Morgan fingerprint density at radius 3 is 2.45 bits per heavy atom. The van der Waals surface area contributed by atoms with Gasteiger partial charge in [-0.1, -0.05) is 13.0 Å².